The molecule has 0 saturated carbocycles. The summed E-state index contributed by atoms with van der Waals surface area (Å²) in [4.78, 5) is 20.3. The number of ether oxygens (including phenoxy) is 1. The minimum Gasteiger partial charge on any atom is -0.496 e. The van der Waals surface area contributed by atoms with Crippen molar-refractivity contribution in [2.75, 3.05) is 32.6 Å². The number of rotatable bonds is 8. The van der Waals surface area contributed by atoms with E-state index in [0.717, 1.165) is 29.8 Å². The minimum atomic E-state index is -0.0916. The Morgan fingerprint density at radius 2 is 1.93 bits per heavy atom. The van der Waals surface area contributed by atoms with Crippen molar-refractivity contribution in [3.63, 3.8) is 0 Å². The quantitative estimate of drug-likeness (QED) is 0.481. The summed E-state index contributed by atoms with van der Waals surface area (Å²) < 4.78 is 5.36. The third-order valence-electron chi connectivity index (χ3n) is 4.23. The molecule has 1 aromatic carbocycles. The summed E-state index contributed by atoms with van der Waals surface area (Å²) in [5.41, 5.74) is 3.37. The Kier molecular flexibility index (Phi) is 8.27. The second-order valence-electron chi connectivity index (χ2n) is 6.50. The van der Waals surface area contributed by atoms with Gasteiger partial charge in [0.15, 0.2) is 5.96 Å². The van der Waals surface area contributed by atoms with Crippen LogP contribution in [-0.4, -0.2) is 44.1 Å². The number of hydrogen-bond donors (Lipinski definition) is 3. The number of nitrogens with one attached hydrogen (secondary N) is 3. The van der Waals surface area contributed by atoms with Gasteiger partial charge in [0.25, 0.3) is 0 Å². The standard InChI is InChI=1S/C21H29N5O2/c1-15-5-8-19(25-14-15)26-20(27)10-12-24-21(22-3)23-11-9-17-7-6-16(2)18(13-17)28-4/h5-8,13-14H,9-12H2,1-4H3,(H2,22,23,24)(H,25,26,27). The van der Waals surface area contributed by atoms with Gasteiger partial charge < -0.3 is 20.7 Å². The molecule has 28 heavy (non-hydrogen) atoms. The summed E-state index contributed by atoms with van der Waals surface area (Å²) in [6.07, 6.45) is 2.89. The number of aromatic nitrogens is 1. The van der Waals surface area contributed by atoms with Crippen LogP contribution >= 0.6 is 0 Å². The summed E-state index contributed by atoms with van der Waals surface area (Å²) >= 11 is 0. The van der Waals surface area contributed by atoms with Gasteiger partial charge >= 0.3 is 0 Å². The van der Waals surface area contributed by atoms with E-state index in [2.05, 4.69) is 44.1 Å². The van der Waals surface area contributed by atoms with Gasteiger partial charge in [-0.05, 0) is 49.1 Å². The van der Waals surface area contributed by atoms with E-state index in [4.69, 9.17) is 4.74 Å². The maximum Gasteiger partial charge on any atom is 0.227 e. The number of hydrogen-bond acceptors (Lipinski definition) is 4. The molecule has 0 atom stereocenters. The Morgan fingerprint density at radius 1 is 1.14 bits per heavy atom. The molecule has 1 heterocycles. The average molecular weight is 383 g/mol. The number of aryl methyl sites for hydroxylation is 2. The summed E-state index contributed by atoms with van der Waals surface area (Å²) in [6.45, 7) is 5.19. The second-order valence-corrected chi connectivity index (χ2v) is 6.50. The first kappa shape index (κ1) is 21.2. The van der Waals surface area contributed by atoms with Crippen LogP contribution < -0.4 is 20.7 Å². The Bertz CT molecular complexity index is 803. The van der Waals surface area contributed by atoms with Crippen LogP contribution in [-0.2, 0) is 11.2 Å². The second kappa shape index (κ2) is 10.9. The van der Waals surface area contributed by atoms with E-state index in [1.807, 2.05) is 19.9 Å². The van der Waals surface area contributed by atoms with Crippen LogP contribution in [0.3, 0.4) is 0 Å². The van der Waals surface area contributed by atoms with E-state index < -0.39 is 0 Å². The van der Waals surface area contributed by atoms with Gasteiger partial charge in [-0.2, -0.15) is 0 Å². The normalized spacial score (nSPS) is 11.1. The lowest BCUT2D eigenvalue weighted by Crippen LogP contribution is -2.39. The van der Waals surface area contributed by atoms with Gasteiger partial charge in [-0.1, -0.05) is 18.2 Å². The molecule has 7 heteroatoms. The lowest BCUT2D eigenvalue weighted by Gasteiger charge is -2.12. The zero-order valence-electron chi connectivity index (χ0n) is 17.0. The van der Waals surface area contributed by atoms with E-state index in [0.29, 0.717) is 24.7 Å². The Balaban J connectivity index is 1.69. The molecule has 1 aromatic heterocycles. The highest BCUT2D eigenvalue weighted by atomic mass is 16.5. The van der Waals surface area contributed by atoms with Crippen LogP contribution in [0.15, 0.2) is 41.5 Å². The fourth-order valence-corrected chi connectivity index (χ4v) is 2.61. The fraction of sp³-hybridized carbons (Fsp3) is 0.381. The first-order chi connectivity index (χ1) is 13.5. The number of nitrogens with zero attached hydrogens (tertiary/aromatic N) is 2. The molecular weight excluding hydrogens is 354 g/mol. The summed E-state index contributed by atoms with van der Waals surface area (Å²) in [5.74, 6) is 2.03. The number of aliphatic imine (C=N–C) groups is 1. The van der Waals surface area contributed by atoms with Crippen molar-refractivity contribution in [2.45, 2.75) is 26.7 Å². The van der Waals surface area contributed by atoms with Crippen molar-refractivity contribution in [2.24, 2.45) is 4.99 Å². The largest absolute Gasteiger partial charge is 0.496 e. The SMILES string of the molecule is CN=C(NCCC(=O)Nc1ccc(C)cn1)NCCc1ccc(C)c(OC)c1. The maximum absolute atomic E-state index is 12.0. The molecule has 150 valence electrons. The van der Waals surface area contributed by atoms with Crippen molar-refractivity contribution in [3.05, 3.63) is 53.2 Å². The van der Waals surface area contributed by atoms with Crippen LogP contribution in [0.25, 0.3) is 0 Å². The van der Waals surface area contributed by atoms with Crippen molar-refractivity contribution < 1.29 is 9.53 Å². The lowest BCUT2D eigenvalue weighted by atomic mass is 10.1. The Labute approximate surface area is 166 Å². The zero-order chi connectivity index (χ0) is 20.4. The fourth-order valence-electron chi connectivity index (χ4n) is 2.61. The van der Waals surface area contributed by atoms with Crippen LogP contribution in [0.1, 0.15) is 23.1 Å². The molecule has 0 saturated heterocycles. The average Bonchev–Trinajstić information content (AvgIpc) is 2.69. The van der Waals surface area contributed by atoms with Crippen molar-refractivity contribution >= 4 is 17.7 Å². The van der Waals surface area contributed by atoms with Gasteiger partial charge in [-0.15, -0.1) is 0 Å². The van der Waals surface area contributed by atoms with Crippen LogP contribution in [0.5, 0.6) is 5.75 Å². The highest BCUT2D eigenvalue weighted by Crippen LogP contribution is 2.18. The highest BCUT2D eigenvalue weighted by molar-refractivity contribution is 5.90. The van der Waals surface area contributed by atoms with E-state index in [1.54, 1.807) is 26.4 Å². The molecule has 0 spiro atoms. The first-order valence-electron chi connectivity index (χ1n) is 9.32. The zero-order valence-corrected chi connectivity index (χ0v) is 17.0. The molecule has 0 bridgehead atoms. The number of guanidine groups is 1. The number of pyridine rings is 1. The van der Waals surface area contributed by atoms with Gasteiger partial charge in [0, 0.05) is 32.8 Å². The molecule has 0 aliphatic heterocycles. The van der Waals surface area contributed by atoms with Gasteiger partial charge in [0.1, 0.15) is 11.6 Å². The molecule has 1 amide bonds. The third-order valence-corrected chi connectivity index (χ3v) is 4.23. The number of methoxy groups -OCH3 is 1. The molecule has 2 aromatic rings. The smallest absolute Gasteiger partial charge is 0.227 e. The topological polar surface area (TPSA) is 87.6 Å². The predicted octanol–water partition coefficient (Wildman–Crippen LogP) is 2.44. The Morgan fingerprint density at radius 3 is 2.61 bits per heavy atom. The molecule has 0 aliphatic rings. The molecule has 3 N–H and O–H groups in total. The molecule has 0 unspecified atom stereocenters. The third kappa shape index (κ3) is 6.90. The molecule has 7 nitrogen and oxygen atoms in total. The summed E-state index contributed by atoms with van der Waals surface area (Å²) in [7, 11) is 3.39. The van der Waals surface area contributed by atoms with E-state index in [1.165, 1.54) is 5.56 Å². The van der Waals surface area contributed by atoms with Crippen LogP contribution in [0, 0.1) is 13.8 Å². The number of carbonyl (C=O) groups is 1. The summed E-state index contributed by atoms with van der Waals surface area (Å²) in [6, 6.07) is 9.91. The van der Waals surface area contributed by atoms with Gasteiger partial charge in [0.05, 0.1) is 7.11 Å². The molecular formula is C21H29N5O2. The monoisotopic (exact) mass is 383 g/mol. The molecule has 0 radical (unpaired) electrons. The number of anilines is 1. The highest BCUT2D eigenvalue weighted by Gasteiger charge is 2.05. The van der Waals surface area contributed by atoms with Gasteiger partial charge in [-0.3, -0.25) is 9.79 Å². The van der Waals surface area contributed by atoms with Crippen molar-refractivity contribution in [1.29, 1.82) is 0 Å². The van der Waals surface area contributed by atoms with Gasteiger partial charge in [0.2, 0.25) is 5.91 Å². The number of carbonyl (C=O) groups excluding carboxylic acids is 1. The number of amides is 1. The minimum absolute atomic E-state index is 0.0916. The van der Waals surface area contributed by atoms with Crippen LogP contribution in [0.4, 0.5) is 5.82 Å². The van der Waals surface area contributed by atoms with Crippen molar-refractivity contribution in [1.82, 2.24) is 15.6 Å². The number of benzene rings is 1. The van der Waals surface area contributed by atoms with E-state index in [9.17, 15) is 4.79 Å². The summed E-state index contributed by atoms with van der Waals surface area (Å²) in [5, 5.41) is 9.18. The predicted molar refractivity (Wildman–Crippen MR) is 113 cm³/mol. The maximum atomic E-state index is 12.0. The first-order valence-corrected chi connectivity index (χ1v) is 9.32. The molecule has 2 rings (SSSR count). The Hall–Kier alpha value is -3.09. The lowest BCUT2D eigenvalue weighted by molar-refractivity contribution is -0.116. The van der Waals surface area contributed by atoms with Gasteiger partial charge in [-0.25, -0.2) is 4.98 Å². The molecule has 0 aliphatic carbocycles. The van der Waals surface area contributed by atoms with E-state index >= 15 is 0 Å². The van der Waals surface area contributed by atoms with Crippen molar-refractivity contribution in [3.8, 4) is 5.75 Å². The van der Waals surface area contributed by atoms with Crippen LogP contribution in [0.2, 0.25) is 0 Å². The van der Waals surface area contributed by atoms with E-state index in [-0.39, 0.29) is 5.91 Å². The molecule has 0 fully saturated rings.